The zero-order valence-electron chi connectivity index (χ0n) is 37.2. The first-order valence-electron chi connectivity index (χ1n) is 23.5. The van der Waals surface area contributed by atoms with Gasteiger partial charge in [0, 0.05) is 104 Å². The Kier molecular flexibility index (Phi) is 10.7. The van der Waals surface area contributed by atoms with E-state index in [1.165, 1.54) is 27.4 Å². The van der Waals surface area contributed by atoms with Gasteiger partial charge in [-0.05, 0) is 111 Å². The number of para-hydroxylation sites is 4. The molecule has 4 aliphatic rings. The topological polar surface area (TPSA) is 119 Å². The minimum Gasteiger partial charge on any atom is -0.361 e. The summed E-state index contributed by atoms with van der Waals surface area (Å²) in [4.78, 5) is 57.6. The summed E-state index contributed by atoms with van der Waals surface area (Å²) in [5, 5.41) is 2.46. The van der Waals surface area contributed by atoms with Crippen molar-refractivity contribution in [3.63, 3.8) is 0 Å². The molecule has 1 N–H and O–H groups in total. The summed E-state index contributed by atoms with van der Waals surface area (Å²) in [7, 11) is 2.07. The summed E-state index contributed by atoms with van der Waals surface area (Å²) >= 11 is 0. The second-order valence-corrected chi connectivity index (χ2v) is 18.7. The van der Waals surface area contributed by atoms with Crippen molar-refractivity contribution in [2.24, 2.45) is 7.05 Å². The van der Waals surface area contributed by atoms with Crippen molar-refractivity contribution in [1.29, 1.82) is 0 Å². The molecule has 12 heteroatoms. The van der Waals surface area contributed by atoms with Crippen molar-refractivity contribution < 1.29 is 9.59 Å². The Morgan fingerprint density at radius 1 is 0.554 bits per heavy atom. The molecule has 4 fully saturated rings. The zero-order chi connectivity index (χ0) is 44.0. The predicted molar refractivity (Wildman–Crippen MR) is 257 cm³/mol. The lowest BCUT2D eigenvalue weighted by atomic mass is 9.78. The molecule has 65 heavy (non-hydrogen) atoms. The molecule has 4 aliphatic heterocycles. The quantitative estimate of drug-likeness (QED) is 0.176. The SMILES string of the molecule is Cn1ccc2c(CN3C(=O)CCCC34CCN(c3cnc5ccccc5n3)CC4)cccc21.O=C1CCCC2(CCN(c3cnc4ccccc4n3)CC2)N1Cc1cccc2[nH]ccc12. The average Bonchev–Trinajstić information content (AvgIpc) is 3.99. The molecule has 8 aromatic rings. The lowest BCUT2D eigenvalue weighted by molar-refractivity contribution is -0.145. The molecular formula is C53H56N10O2. The number of piperidine rings is 4. The number of aromatic amines is 1. The van der Waals surface area contributed by atoms with Gasteiger partial charge in [0.05, 0.1) is 34.5 Å². The summed E-state index contributed by atoms with van der Waals surface area (Å²) < 4.78 is 2.15. The zero-order valence-corrected chi connectivity index (χ0v) is 37.2. The van der Waals surface area contributed by atoms with Gasteiger partial charge < -0.3 is 29.2 Å². The molecule has 0 bridgehead atoms. The number of anilines is 2. The lowest BCUT2D eigenvalue weighted by Gasteiger charge is -2.51. The molecule has 4 aromatic carbocycles. The van der Waals surface area contributed by atoms with Crippen molar-refractivity contribution >= 4 is 67.3 Å². The van der Waals surface area contributed by atoms with E-state index in [1.807, 2.05) is 67.1 Å². The Bertz CT molecular complexity index is 3030. The minimum atomic E-state index is -0.0624. The number of aryl methyl sites for hydroxylation is 1. The molecule has 12 nitrogen and oxygen atoms in total. The van der Waals surface area contributed by atoms with Crippen LogP contribution < -0.4 is 9.80 Å². The van der Waals surface area contributed by atoms with Gasteiger partial charge in [-0.25, -0.2) is 9.97 Å². The molecule has 0 atom stereocenters. The number of likely N-dealkylation sites (tertiary alicyclic amines) is 2. The number of aromatic nitrogens is 6. The van der Waals surface area contributed by atoms with E-state index in [-0.39, 0.29) is 11.1 Å². The Hall–Kier alpha value is -6.82. The van der Waals surface area contributed by atoms with Crippen LogP contribution in [0.5, 0.6) is 0 Å². The highest BCUT2D eigenvalue weighted by molar-refractivity contribution is 5.86. The van der Waals surface area contributed by atoms with Crippen LogP contribution in [-0.2, 0) is 29.7 Å². The van der Waals surface area contributed by atoms with Crippen LogP contribution in [-0.4, -0.2) is 88.4 Å². The number of rotatable bonds is 6. The molecule has 0 saturated carbocycles. The number of carbonyl (C=O) groups excluding carboxylic acids is 2. The molecule has 0 unspecified atom stereocenters. The van der Waals surface area contributed by atoms with Gasteiger partial charge in [0.25, 0.3) is 0 Å². The number of fused-ring (bicyclic) bond motifs is 4. The number of amides is 2. The molecule has 4 saturated heterocycles. The number of nitrogens with zero attached hydrogens (tertiary/aromatic N) is 9. The third-order valence-corrected chi connectivity index (χ3v) is 15.1. The fourth-order valence-corrected chi connectivity index (χ4v) is 11.4. The third-order valence-electron chi connectivity index (χ3n) is 15.1. The Labute approximate surface area is 379 Å². The second-order valence-electron chi connectivity index (χ2n) is 18.7. The molecular weight excluding hydrogens is 809 g/mol. The lowest BCUT2D eigenvalue weighted by Crippen LogP contribution is -2.59. The number of hydrogen-bond donors (Lipinski definition) is 1. The second kappa shape index (κ2) is 17.0. The maximum atomic E-state index is 13.2. The molecule has 0 radical (unpaired) electrons. The standard InChI is InChI=1S/C27H29N5O.C26H27N5O/c1-30-15-11-21-20(6-4-9-24(21)30)19-32-26(33)10-5-12-27(32)13-16-31(17-14-27)25-18-28-22-7-2-3-8-23(22)29-25;32-25-9-4-11-26(31(25)18-19-5-3-8-21-20(19)10-14-27-21)12-15-30(16-13-26)24-17-28-22-6-1-2-7-23(22)29-24/h2-4,6-9,11,15,18H,5,10,12-14,16-17,19H2,1H3;1-3,5-8,10,14,17,27H,4,9,11-13,15-16,18H2. The number of nitrogens with one attached hydrogen (secondary N) is 1. The van der Waals surface area contributed by atoms with E-state index in [4.69, 9.17) is 9.97 Å². The summed E-state index contributed by atoms with van der Waals surface area (Å²) in [5.41, 5.74) is 8.40. The number of carbonyl (C=O) groups is 2. The van der Waals surface area contributed by atoms with E-state index >= 15 is 0 Å². The van der Waals surface area contributed by atoms with Crippen molar-refractivity contribution in [3.05, 3.63) is 133 Å². The van der Waals surface area contributed by atoms with E-state index in [0.29, 0.717) is 37.7 Å². The van der Waals surface area contributed by atoms with Crippen LogP contribution in [0.15, 0.2) is 122 Å². The van der Waals surface area contributed by atoms with Crippen LogP contribution in [0.25, 0.3) is 43.9 Å². The number of H-pyrrole nitrogens is 1. The van der Waals surface area contributed by atoms with Crippen LogP contribution in [0.2, 0.25) is 0 Å². The van der Waals surface area contributed by atoms with Crippen molar-refractivity contribution in [2.45, 2.75) is 88.4 Å². The first-order chi connectivity index (χ1) is 31.8. The van der Waals surface area contributed by atoms with Gasteiger partial charge in [-0.2, -0.15) is 0 Å². The molecule has 2 amide bonds. The molecule has 8 heterocycles. The normalized spacial score (nSPS) is 18.6. The highest BCUT2D eigenvalue weighted by Gasteiger charge is 2.46. The largest absolute Gasteiger partial charge is 0.361 e. The smallest absolute Gasteiger partial charge is 0.223 e. The van der Waals surface area contributed by atoms with Crippen LogP contribution in [0, 0.1) is 0 Å². The van der Waals surface area contributed by atoms with Crippen molar-refractivity contribution in [3.8, 4) is 0 Å². The summed E-state index contributed by atoms with van der Waals surface area (Å²) in [5.74, 6) is 2.46. The Morgan fingerprint density at radius 3 is 1.62 bits per heavy atom. The first kappa shape index (κ1) is 40.9. The molecule has 2 spiro atoms. The van der Waals surface area contributed by atoms with Gasteiger partial charge in [0.2, 0.25) is 11.8 Å². The summed E-state index contributed by atoms with van der Waals surface area (Å²) in [6, 6.07) is 33.1. The van der Waals surface area contributed by atoms with Crippen LogP contribution in [0.3, 0.4) is 0 Å². The fourth-order valence-electron chi connectivity index (χ4n) is 11.4. The van der Waals surface area contributed by atoms with Gasteiger partial charge in [-0.15, -0.1) is 0 Å². The number of hydrogen-bond acceptors (Lipinski definition) is 8. The maximum Gasteiger partial charge on any atom is 0.223 e. The monoisotopic (exact) mass is 864 g/mol. The highest BCUT2D eigenvalue weighted by atomic mass is 16.2. The van der Waals surface area contributed by atoms with Crippen LogP contribution in [0.4, 0.5) is 11.6 Å². The Balaban J connectivity index is 0.000000144. The van der Waals surface area contributed by atoms with Crippen molar-refractivity contribution in [1.82, 2.24) is 39.3 Å². The Morgan fingerprint density at radius 2 is 1.06 bits per heavy atom. The van der Waals surface area contributed by atoms with E-state index in [9.17, 15) is 9.59 Å². The molecule has 12 rings (SSSR count). The predicted octanol–water partition coefficient (Wildman–Crippen LogP) is 9.34. The third kappa shape index (κ3) is 7.72. The van der Waals surface area contributed by atoms with Crippen molar-refractivity contribution in [2.75, 3.05) is 36.0 Å². The van der Waals surface area contributed by atoms with E-state index in [2.05, 4.69) is 101 Å². The van der Waals surface area contributed by atoms with Gasteiger partial charge in [-0.1, -0.05) is 48.5 Å². The van der Waals surface area contributed by atoms with E-state index < -0.39 is 0 Å². The number of benzene rings is 4. The fraction of sp³-hybridized carbons (Fsp3) is 0.358. The first-order valence-corrected chi connectivity index (χ1v) is 23.5. The van der Waals surface area contributed by atoms with Gasteiger partial charge in [0.1, 0.15) is 11.6 Å². The maximum absolute atomic E-state index is 13.2. The summed E-state index contributed by atoms with van der Waals surface area (Å²) in [6.07, 6.45) is 17.2. The van der Waals surface area contributed by atoms with Gasteiger partial charge in [-0.3, -0.25) is 19.6 Å². The van der Waals surface area contributed by atoms with E-state index in [0.717, 1.165) is 117 Å². The van der Waals surface area contributed by atoms with Crippen LogP contribution in [0.1, 0.15) is 75.3 Å². The highest BCUT2D eigenvalue weighted by Crippen LogP contribution is 2.42. The van der Waals surface area contributed by atoms with Crippen LogP contribution >= 0.6 is 0 Å². The summed E-state index contributed by atoms with van der Waals surface area (Å²) in [6.45, 7) is 4.95. The molecule has 330 valence electrons. The molecule has 4 aromatic heterocycles. The van der Waals surface area contributed by atoms with Gasteiger partial charge >= 0.3 is 0 Å². The van der Waals surface area contributed by atoms with E-state index in [1.54, 1.807) is 0 Å². The molecule has 0 aliphatic carbocycles. The minimum absolute atomic E-state index is 0.0609. The van der Waals surface area contributed by atoms with Gasteiger partial charge in [0.15, 0.2) is 0 Å². The average molecular weight is 865 g/mol.